The number of benzene rings is 1. The van der Waals surface area contributed by atoms with E-state index < -0.39 is 0 Å². The fourth-order valence-corrected chi connectivity index (χ4v) is 1.98. The summed E-state index contributed by atoms with van der Waals surface area (Å²) >= 11 is 6.04. The van der Waals surface area contributed by atoms with Gasteiger partial charge in [-0.1, -0.05) is 24.4 Å². The molecular formula is C16H21ClN2O2. The molecule has 0 radical (unpaired) electrons. The van der Waals surface area contributed by atoms with Crippen LogP contribution in [0, 0.1) is 12.3 Å². The molecular weight excluding hydrogens is 288 g/mol. The summed E-state index contributed by atoms with van der Waals surface area (Å²) in [5.74, 6) is 2.74. The van der Waals surface area contributed by atoms with Gasteiger partial charge in [-0.15, -0.1) is 6.42 Å². The Hall–Kier alpha value is -1.70. The third kappa shape index (κ3) is 6.07. The van der Waals surface area contributed by atoms with Crippen molar-refractivity contribution in [1.29, 1.82) is 0 Å². The Balaban J connectivity index is 2.72. The first-order valence-electron chi connectivity index (χ1n) is 6.94. The monoisotopic (exact) mass is 308 g/mol. The SMILES string of the molecule is C#CCNC(=O)COc1ccc(Cl)cc1C(C)NCCC. The van der Waals surface area contributed by atoms with Crippen molar-refractivity contribution < 1.29 is 9.53 Å². The summed E-state index contributed by atoms with van der Waals surface area (Å²) in [6, 6.07) is 5.46. The summed E-state index contributed by atoms with van der Waals surface area (Å²) in [7, 11) is 0. The summed E-state index contributed by atoms with van der Waals surface area (Å²) in [4.78, 5) is 11.5. The molecule has 0 aliphatic heterocycles. The smallest absolute Gasteiger partial charge is 0.258 e. The van der Waals surface area contributed by atoms with Gasteiger partial charge < -0.3 is 15.4 Å². The minimum Gasteiger partial charge on any atom is -0.483 e. The topological polar surface area (TPSA) is 50.4 Å². The highest BCUT2D eigenvalue weighted by Crippen LogP contribution is 2.28. The molecule has 1 aromatic rings. The first-order valence-corrected chi connectivity index (χ1v) is 7.32. The molecule has 1 rings (SSSR count). The van der Waals surface area contributed by atoms with Gasteiger partial charge in [-0.25, -0.2) is 0 Å². The van der Waals surface area contributed by atoms with Gasteiger partial charge in [0.1, 0.15) is 5.75 Å². The summed E-state index contributed by atoms with van der Waals surface area (Å²) in [5.41, 5.74) is 0.931. The van der Waals surface area contributed by atoms with E-state index >= 15 is 0 Å². The molecule has 0 heterocycles. The molecule has 0 saturated carbocycles. The number of rotatable bonds is 8. The number of halogens is 1. The second-order valence-electron chi connectivity index (χ2n) is 4.63. The maximum atomic E-state index is 11.5. The van der Waals surface area contributed by atoms with Gasteiger partial charge in [0.15, 0.2) is 6.61 Å². The van der Waals surface area contributed by atoms with Gasteiger partial charge >= 0.3 is 0 Å². The lowest BCUT2D eigenvalue weighted by Crippen LogP contribution is -2.29. The van der Waals surface area contributed by atoms with Crippen LogP contribution < -0.4 is 15.4 Å². The highest BCUT2D eigenvalue weighted by atomic mass is 35.5. The average Bonchev–Trinajstić information content (AvgIpc) is 2.49. The van der Waals surface area contributed by atoms with Crippen LogP contribution >= 0.6 is 11.6 Å². The van der Waals surface area contributed by atoms with Crippen LogP contribution in [0.1, 0.15) is 31.9 Å². The van der Waals surface area contributed by atoms with Gasteiger partial charge in [-0.05, 0) is 38.1 Å². The van der Waals surface area contributed by atoms with Crippen molar-refractivity contribution in [2.45, 2.75) is 26.3 Å². The normalized spacial score (nSPS) is 11.5. The van der Waals surface area contributed by atoms with Crippen molar-refractivity contribution in [1.82, 2.24) is 10.6 Å². The molecule has 2 N–H and O–H groups in total. The zero-order valence-electron chi connectivity index (χ0n) is 12.4. The third-order valence-corrected chi connectivity index (χ3v) is 3.12. The van der Waals surface area contributed by atoms with E-state index in [1.54, 1.807) is 12.1 Å². The van der Waals surface area contributed by atoms with Crippen LogP contribution in [-0.4, -0.2) is 25.6 Å². The van der Waals surface area contributed by atoms with Crippen molar-refractivity contribution in [3.05, 3.63) is 28.8 Å². The number of ether oxygens (including phenoxy) is 1. The summed E-state index contributed by atoms with van der Waals surface area (Å²) < 4.78 is 5.57. The molecule has 114 valence electrons. The fourth-order valence-electron chi connectivity index (χ4n) is 1.80. The third-order valence-electron chi connectivity index (χ3n) is 2.89. The Morgan fingerprint density at radius 3 is 2.95 bits per heavy atom. The molecule has 5 heteroatoms. The van der Waals surface area contributed by atoms with Crippen molar-refractivity contribution in [2.75, 3.05) is 19.7 Å². The standard InChI is InChI=1S/C16H21ClN2O2/c1-4-8-18-12(3)14-10-13(17)6-7-15(14)21-11-16(20)19-9-5-2/h2,6-7,10,12,18H,4,8-9,11H2,1,3H3,(H,19,20). The van der Waals surface area contributed by atoms with Gasteiger partial charge in [0, 0.05) is 16.6 Å². The van der Waals surface area contributed by atoms with Crippen LogP contribution in [0.5, 0.6) is 5.75 Å². The molecule has 0 saturated heterocycles. The molecule has 4 nitrogen and oxygen atoms in total. The Labute approximate surface area is 131 Å². The van der Waals surface area contributed by atoms with E-state index in [4.69, 9.17) is 22.8 Å². The molecule has 0 spiro atoms. The molecule has 21 heavy (non-hydrogen) atoms. The second-order valence-corrected chi connectivity index (χ2v) is 5.06. The van der Waals surface area contributed by atoms with Crippen molar-refractivity contribution in [3.63, 3.8) is 0 Å². The molecule has 1 amide bonds. The van der Waals surface area contributed by atoms with Crippen LogP contribution in [0.4, 0.5) is 0 Å². The fraction of sp³-hybridized carbons (Fsp3) is 0.438. The largest absolute Gasteiger partial charge is 0.483 e. The lowest BCUT2D eigenvalue weighted by molar-refractivity contribution is -0.122. The van der Waals surface area contributed by atoms with Gasteiger partial charge in [0.2, 0.25) is 0 Å². The van der Waals surface area contributed by atoms with Crippen LogP contribution in [0.15, 0.2) is 18.2 Å². The van der Waals surface area contributed by atoms with E-state index in [2.05, 4.69) is 23.5 Å². The quantitative estimate of drug-likeness (QED) is 0.726. The number of nitrogens with one attached hydrogen (secondary N) is 2. The van der Waals surface area contributed by atoms with Crippen LogP contribution in [-0.2, 0) is 4.79 Å². The lowest BCUT2D eigenvalue weighted by atomic mass is 10.1. The number of hydrogen-bond donors (Lipinski definition) is 2. The van der Waals surface area contributed by atoms with E-state index in [1.807, 2.05) is 13.0 Å². The Morgan fingerprint density at radius 2 is 2.29 bits per heavy atom. The van der Waals surface area contributed by atoms with Crippen molar-refractivity contribution >= 4 is 17.5 Å². The lowest BCUT2D eigenvalue weighted by Gasteiger charge is -2.18. The molecule has 1 atom stereocenters. The molecule has 0 fully saturated rings. The minimum atomic E-state index is -0.247. The van der Waals surface area contributed by atoms with E-state index in [0.717, 1.165) is 18.5 Å². The molecule has 0 aliphatic rings. The Bertz CT molecular complexity index is 511. The van der Waals surface area contributed by atoms with Gasteiger partial charge in [0.25, 0.3) is 5.91 Å². The van der Waals surface area contributed by atoms with Crippen LogP contribution in [0.25, 0.3) is 0 Å². The average molecular weight is 309 g/mol. The zero-order chi connectivity index (χ0) is 15.7. The summed E-state index contributed by atoms with van der Waals surface area (Å²) in [5, 5.41) is 6.57. The highest BCUT2D eigenvalue weighted by Gasteiger charge is 2.13. The van der Waals surface area contributed by atoms with E-state index in [-0.39, 0.29) is 25.1 Å². The minimum absolute atomic E-state index is 0.0726. The number of terminal acetylenes is 1. The summed E-state index contributed by atoms with van der Waals surface area (Å²) in [6.07, 6.45) is 6.12. The van der Waals surface area contributed by atoms with Gasteiger partial charge in [0.05, 0.1) is 6.54 Å². The zero-order valence-corrected chi connectivity index (χ0v) is 13.2. The van der Waals surface area contributed by atoms with E-state index in [0.29, 0.717) is 10.8 Å². The number of hydrogen-bond acceptors (Lipinski definition) is 3. The van der Waals surface area contributed by atoms with Crippen molar-refractivity contribution in [3.8, 4) is 18.1 Å². The van der Waals surface area contributed by atoms with Crippen LogP contribution in [0.2, 0.25) is 5.02 Å². The molecule has 0 aromatic heterocycles. The maximum Gasteiger partial charge on any atom is 0.258 e. The Morgan fingerprint density at radius 1 is 1.52 bits per heavy atom. The second kappa shape index (κ2) is 9.28. The predicted molar refractivity (Wildman–Crippen MR) is 85.5 cm³/mol. The first kappa shape index (κ1) is 17.4. The molecule has 0 aliphatic carbocycles. The molecule has 1 aromatic carbocycles. The van der Waals surface area contributed by atoms with E-state index in [1.165, 1.54) is 0 Å². The summed E-state index contributed by atoms with van der Waals surface area (Å²) in [6.45, 7) is 5.16. The van der Waals surface area contributed by atoms with Crippen LogP contribution in [0.3, 0.4) is 0 Å². The number of carbonyl (C=O) groups is 1. The predicted octanol–water partition coefficient (Wildman–Crippen LogP) is 2.53. The number of carbonyl (C=O) groups excluding carboxylic acids is 1. The van der Waals surface area contributed by atoms with Crippen molar-refractivity contribution in [2.24, 2.45) is 0 Å². The Kier molecular flexibility index (Phi) is 7.66. The van der Waals surface area contributed by atoms with Gasteiger partial charge in [-0.3, -0.25) is 4.79 Å². The number of amides is 1. The highest BCUT2D eigenvalue weighted by molar-refractivity contribution is 6.30. The maximum absolute atomic E-state index is 11.5. The van der Waals surface area contributed by atoms with Gasteiger partial charge in [-0.2, -0.15) is 0 Å². The molecule has 1 unspecified atom stereocenters. The first-order chi connectivity index (χ1) is 10.1. The molecule has 0 bridgehead atoms. The van der Waals surface area contributed by atoms with E-state index in [9.17, 15) is 4.79 Å².